The summed E-state index contributed by atoms with van der Waals surface area (Å²) in [4.78, 5) is 0. The molecule has 0 aromatic heterocycles. The molecule has 2 rings (SSSR count). The lowest BCUT2D eigenvalue weighted by molar-refractivity contribution is 0.112. The number of hydrogen-bond acceptors (Lipinski definition) is 2. The standard InChI is InChI=1S/C13H18O2/c1-9-7-11(12-5-4-6-15-12)8-10(2)13(9)14-3/h7-8,12H,4-6H2,1-3H3. The summed E-state index contributed by atoms with van der Waals surface area (Å²) in [6.07, 6.45) is 2.62. The van der Waals surface area contributed by atoms with Crippen LogP contribution in [0.2, 0.25) is 0 Å². The zero-order valence-corrected chi connectivity index (χ0v) is 9.67. The Morgan fingerprint density at radius 1 is 1.27 bits per heavy atom. The Labute approximate surface area is 91.2 Å². The fourth-order valence-corrected chi connectivity index (χ4v) is 2.33. The molecule has 1 aliphatic rings. The minimum absolute atomic E-state index is 0.299. The van der Waals surface area contributed by atoms with Gasteiger partial charge in [-0.25, -0.2) is 0 Å². The van der Waals surface area contributed by atoms with E-state index in [1.807, 2.05) is 0 Å². The van der Waals surface area contributed by atoms with Gasteiger partial charge in [-0.2, -0.15) is 0 Å². The van der Waals surface area contributed by atoms with Crippen molar-refractivity contribution in [2.24, 2.45) is 0 Å². The van der Waals surface area contributed by atoms with Crippen molar-refractivity contribution in [2.75, 3.05) is 13.7 Å². The molecule has 0 N–H and O–H groups in total. The van der Waals surface area contributed by atoms with E-state index in [2.05, 4.69) is 26.0 Å². The lowest BCUT2D eigenvalue weighted by Gasteiger charge is -2.15. The lowest BCUT2D eigenvalue weighted by Crippen LogP contribution is -1.99. The van der Waals surface area contributed by atoms with Gasteiger partial charge in [0.1, 0.15) is 5.75 Å². The molecular weight excluding hydrogens is 188 g/mol. The highest BCUT2D eigenvalue weighted by Crippen LogP contribution is 2.33. The largest absolute Gasteiger partial charge is 0.496 e. The Kier molecular flexibility index (Phi) is 2.96. The molecule has 1 aromatic rings. The van der Waals surface area contributed by atoms with E-state index >= 15 is 0 Å². The van der Waals surface area contributed by atoms with Crippen LogP contribution in [0.5, 0.6) is 5.75 Å². The highest BCUT2D eigenvalue weighted by Gasteiger charge is 2.19. The fourth-order valence-electron chi connectivity index (χ4n) is 2.33. The first kappa shape index (κ1) is 10.5. The summed E-state index contributed by atoms with van der Waals surface area (Å²) in [5, 5.41) is 0. The number of methoxy groups -OCH3 is 1. The van der Waals surface area contributed by atoms with Gasteiger partial charge in [-0.1, -0.05) is 0 Å². The van der Waals surface area contributed by atoms with E-state index in [4.69, 9.17) is 9.47 Å². The number of rotatable bonds is 2. The summed E-state index contributed by atoms with van der Waals surface area (Å²) >= 11 is 0. The zero-order chi connectivity index (χ0) is 10.8. The van der Waals surface area contributed by atoms with Crippen LogP contribution < -0.4 is 4.74 Å². The van der Waals surface area contributed by atoms with Gasteiger partial charge in [0.25, 0.3) is 0 Å². The molecule has 0 spiro atoms. The quantitative estimate of drug-likeness (QED) is 0.740. The summed E-state index contributed by atoms with van der Waals surface area (Å²) in [6, 6.07) is 4.36. The first-order chi connectivity index (χ1) is 7.22. The third-order valence-electron chi connectivity index (χ3n) is 2.99. The molecule has 2 nitrogen and oxygen atoms in total. The molecule has 0 saturated carbocycles. The van der Waals surface area contributed by atoms with E-state index in [1.165, 1.54) is 23.1 Å². The van der Waals surface area contributed by atoms with Crippen molar-refractivity contribution >= 4 is 0 Å². The topological polar surface area (TPSA) is 18.5 Å². The van der Waals surface area contributed by atoms with E-state index in [0.29, 0.717) is 6.10 Å². The predicted molar refractivity (Wildman–Crippen MR) is 60.4 cm³/mol. The van der Waals surface area contributed by atoms with Crippen molar-refractivity contribution in [3.8, 4) is 5.75 Å². The predicted octanol–water partition coefficient (Wildman–Crippen LogP) is 3.16. The van der Waals surface area contributed by atoms with Crippen molar-refractivity contribution in [3.05, 3.63) is 28.8 Å². The van der Waals surface area contributed by atoms with Gasteiger partial charge >= 0.3 is 0 Å². The van der Waals surface area contributed by atoms with Gasteiger partial charge in [-0.15, -0.1) is 0 Å². The van der Waals surface area contributed by atoms with Crippen LogP contribution in [0.25, 0.3) is 0 Å². The van der Waals surface area contributed by atoms with Crippen molar-refractivity contribution < 1.29 is 9.47 Å². The molecule has 1 unspecified atom stereocenters. The van der Waals surface area contributed by atoms with Crippen LogP contribution in [0.15, 0.2) is 12.1 Å². The highest BCUT2D eigenvalue weighted by molar-refractivity contribution is 5.44. The smallest absolute Gasteiger partial charge is 0.124 e. The molecule has 1 atom stereocenters. The number of aryl methyl sites for hydroxylation is 2. The van der Waals surface area contributed by atoms with Gasteiger partial charge in [-0.3, -0.25) is 0 Å². The normalized spacial score (nSPS) is 20.6. The summed E-state index contributed by atoms with van der Waals surface area (Å²) in [5.74, 6) is 0.997. The van der Waals surface area contributed by atoms with Crippen LogP contribution in [0, 0.1) is 13.8 Å². The van der Waals surface area contributed by atoms with Crippen LogP contribution in [-0.4, -0.2) is 13.7 Å². The Bertz CT molecular complexity index is 329. The van der Waals surface area contributed by atoms with Gasteiger partial charge < -0.3 is 9.47 Å². The molecule has 82 valence electrons. The van der Waals surface area contributed by atoms with Gasteiger partial charge in [0.05, 0.1) is 13.2 Å². The van der Waals surface area contributed by atoms with Crippen molar-refractivity contribution in [1.29, 1.82) is 0 Å². The third kappa shape index (κ3) is 2.00. The second-order valence-electron chi connectivity index (χ2n) is 4.19. The Hall–Kier alpha value is -1.02. The maximum atomic E-state index is 5.68. The summed E-state index contributed by atoms with van der Waals surface area (Å²) in [5.41, 5.74) is 3.69. The zero-order valence-electron chi connectivity index (χ0n) is 9.67. The lowest BCUT2D eigenvalue weighted by atomic mass is 10.0. The molecule has 1 fully saturated rings. The molecule has 1 aliphatic heterocycles. The number of ether oxygens (including phenoxy) is 2. The van der Waals surface area contributed by atoms with Crippen LogP contribution >= 0.6 is 0 Å². The minimum atomic E-state index is 0.299. The maximum Gasteiger partial charge on any atom is 0.124 e. The molecule has 0 amide bonds. The molecule has 0 bridgehead atoms. The second-order valence-corrected chi connectivity index (χ2v) is 4.19. The summed E-state index contributed by atoms with van der Waals surface area (Å²) in [6.45, 7) is 5.07. The van der Waals surface area contributed by atoms with E-state index in [9.17, 15) is 0 Å². The first-order valence-electron chi connectivity index (χ1n) is 5.49. The Morgan fingerprint density at radius 2 is 1.93 bits per heavy atom. The van der Waals surface area contributed by atoms with E-state index in [1.54, 1.807) is 7.11 Å². The number of benzene rings is 1. The second kappa shape index (κ2) is 4.23. The minimum Gasteiger partial charge on any atom is -0.496 e. The van der Waals surface area contributed by atoms with Crippen molar-refractivity contribution in [2.45, 2.75) is 32.8 Å². The van der Waals surface area contributed by atoms with Crippen LogP contribution in [0.3, 0.4) is 0 Å². The first-order valence-corrected chi connectivity index (χ1v) is 5.49. The molecule has 15 heavy (non-hydrogen) atoms. The summed E-state index contributed by atoms with van der Waals surface area (Å²) < 4.78 is 11.0. The van der Waals surface area contributed by atoms with Gasteiger partial charge in [-0.05, 0) is 55.5 Å². The Balaban J connectivity index is 2.33. The Morgan fingerprint density at radius 3 is 2.40 bits per heavy atom. The van der Waals surface area contributed by atoms with Crippen LogP contribution in [0.1, 0.15) is 35.6 Å². The molecular formula is C13H18O2. The molecule has 1 saturated heterocycles. The summed E-state index contributed by atoms with van der Waals surface area (Å²) in [7, 11) is 1.72. The maximum absolute atomic E-state index is 5.68. The average molecular weight is 206 g/mol. The SMILES string of the molecule is COc1c(C)cc(C2CCCO2)cc1C. The van der Waals surface area contributed by atoms with Gasteiger partial charge in [0.15, 0.2) is 0 Å². The van der Waals surface area contributed by atoms with Crippen LogP contribution in [-0.2, 0) is 4.74 Å². The van der Waals surface area contributed by atoms with Gasteiger partial charge in [0, 0.05) is 6.61 Å². The average Bonchev–Trinajstić information content (AvgIpc) is 2.69. The molecule has 1 heterocycles. The highest BCUT2D eigenvalue weighted by atomic mass is 16.5. The molecule has 1 aromatic carbocycles. The molecule has 0 radical (unpaired) electrons. The fraction of sp³-hybridized carbons (Fsp3) is 0.538. The third-order valence-corrected chi connectivity index (χ3v) is 2.99. The molecule has 0 aliphatic carbocycles. The van der Waals surface area contributed by atoms with Crippen molar-refractivity contribution in [3.63, 3.8) is 0 Å². The van der Waals surface area contributed by atoms with Crippen molar-refractivity contribution in [1.82, 2.24) is 0 Å². The van der Waals surface area contributed by atoms with Crippen LogP contribution in [0.4, 0.5) is 0 Å². The van der Waals surface area contributed by atoms with Gasteiger partial charge in [0.2, 0.25) is 0 Å². The monoisotopic (exact) mass is 206 g/mol. The van der Waals surface area contributed by atoms with E-state index in [-0.39, 0.29) is 0 Å². The van der Waals surface area contributed by atoms with E-state index < -0.39 is 0 Å². The molecule has 2 heteroatoms. The van der Waals surface area contributed by atoms with E-state index in [0.717, 1.165) is 18.8 Å². The number of hydrogen-bond donors (Lipinski definition) is 0.